The van der Waals surface area contributed by atoms with Crippen molar-refractivity contribution < 1.29 is 19.4 Å². The Labute approximate surface area is 167 Å². The summed E-state index contributed by atoms with van der Waals surface area (Å²) in [5.74, 6) is -0.131. The van der Waals surface area contributed by atoms with Crippen molar-refractivity contribution in [2.75, 3.05) is 32.8 Å². The highest BCUT2D eigenvalue weighted by molar-refractivity contribution is 7.12. The highest BCUT2D eigenvalue weighted by Crippen LogP contribution is 2.16. The third-order valence-corrected chi connectivity index (χ3v) is 4.47. The van der Waals surface area contributed by atoms with Crippen LogP contribution in [0.5, 0.6) is 5.75 Å². The monoisotopic (exact) mass is 402 g/mol. The molecule has 0 fully saturated rings. The Morgan fingerprint density at radius 3 is 2.75 bits per heavy atom. The van der Waals surface area contributed by atoms with Crippen molar-refractivity contribution in [3.8, 4) is 11.8 Å². The van der Waals surface area contributed by atoms with Crippen molar-refractivity contribution in [1.29, 1.82) is 5.26 Å². The summed E-state index contributed by atoms with van der Waals surface area (Å²) in [6.45, 7) is 1.05. The summed E-state index contributed by atoms with van der Waals surface area (Å²) >= 11 is 1.31. The van der Waals surface area contributed by atoms with Crippen molar-refractivity contribution in [2.24, 2.45) is 0 Å². The summed E-state index contributed by atoms with van der Waals surface area (Å²) in [6, 6.07) is 12.3. The van der Waals surface area contributed by atoms with E-state index in [1.807, 2.05) is 6.07 Å². The number of nitrogens with zero attached hydrogens (tertiary/aromatic N) is 1. The lowest BCUT2D eigenvalue weighted by molar-refractivity contribution is -0.120. The minimum absolute atomic E-state index is 0.0484. The molecule has 1 unspecified atom stereocenters. The van der Waals surface area contributed by atoms with E-state index < -0.39 is 6.10 Å². The van der Waals surface area contributed by atoms with Gasteiger partial charge in [-0.25, -0.2) is 0 Å². The van der Waals surface area contributed by atoms with E-state index in [4.69, 9.17) is 10.00 Å². The Kier molecular flexibility index (Phi) is 8.94. The first-order valence-corrected chi connectivity index (χ1v) is 9.57. The molecule has 0 aliphatic heterocycles. The van der Waals surface area contributed by atoms with Crippen LogP contribution >= 0.6 is 11.3 Å². The molecule has 4 N–H and O–H groups in total. The molecule has 148 valence electrons. The minimum atomic E-state index is -0.757. The number of rotatable bonds is 11. The van der Waals surface area contributed by atoms with Crippen LogP contribution in [0.15, 0.2) is 41.8 Å². The number of benzene rings is 1. The number of aliphatic hydroxyl groups is 1. The van der Waals surface area contributed by atoms with Gasteiger partial charge in [0.15, 0.2) is 0 Å². The van der Waals surface area contributed by atoms with Crippen LogP contribution in [0.4, 0.5) is 0 Å². The van der Waals surface area contributed by atoms with Crippen LogP contribution in [-0.2, 0) is 4.79 Å². The van der Waals surface area contributed by atoms with Gasteiger partial charge < -0.3 is 25.8 Å². The largest absolute Gasteiger partial charge is 0.489 e. The molecule has 0 spiro atoms. The zero-order valence-corrected chi connectivity index (χ0v) is 16.0. The van der Waals surface area contributed by atoms with Crippen LogP contribution < -0.4 is 20.7 Å². The third-order valence-electron chi connectivity index (χ3n) is 3.60. The Balaban J connectivity index is 1.53. The van der Waals surface area contributed by atoms with Crippen LogP contribution in [0.2, 0.25) is 0 Å². The molecule has 2 aromatic rings. The molecule has 1 heterocycles. The fourth-order valence-corrected chi connectivity index (χ4v) is 2.85. The van der Waals surface area contributed by atoms with E-state index in [9.17, 15) is 14.7 Å². The molecular weight excluding hydrogens is 380 g/mol. The Hall–Kier alpha value is -2.93. The lowest BCUT2D eigenvalue weighted by atomic mass is 10.2. The predicted molar refractivity (Wildman–Crippen MR) is 105 cm³/mol. The molecule has 2 rings (SSSR count). The second-order valence-electron chi connectivity index (χ2n) is 5.79. The topological polar surface area (TPSA) is 123 Å². The van der Waals surface area contributed by atoms with Crippen molar-refractivity contribution in [3.05, 3.63) is 52.2 Å². The average molecular weight is 402 g/mol. The van der Waals surface area contributed by atoms with E-state index in [1.165, 1.54) is 11.3 Å². The molecule has 0 aliphatic rings. The number of hydrogen-bond acceptors (Lipinski definition) is 7. The zero-order valence-electron chi connectivity index (χ0n) is 15.2. The predicted octanol–water partition coefficient (Wildman–Crippen LogP) is 0.495. The van der Waals surface area contributed by atoms with E-state index in [2.05, 4.69) is 16.0 Å². The second-order valence-corrected chi connectivity index (χ2v) is 6.73. The molecule has 0 saturated carbocycles. The number of para-hydroxylation sites is 1. The number of hydrogen-bond donors (Lipinski definition) is 4. The van der Waals surface area contributed by atoms with E-state index in [0.29, 0.717) is 29.3 Å². The quantitative estimate of drug-likeness (QED) is 0.406. The van der Waals surface area contributed by atoms with Gasteiger partial charge in [0.1, 0.15) is 24.5 Å². The smallest absolute Gasteiger partial charge is 0.261 e. The molecule has 1 aromatic carbocycles. The maximum atomic E-state index is 11.7. The van der Waals surface area contributed by atoms with Crippen LogP contribution in [0.1, 0.15) is 15.2 Å². The van der Waals surface area contributed by atoms with Gasteiger partial charge in [0, 0.05) is 19.6 Å². The fraction of sp³-hybridized carbons (Fsp3) is 0.316. The molecule has 0 bridgehead atoms. The first-order chi connectivity index (χ1) is 13.6. The van der Waals surface area contributed by atoms with Gasteiger partial charge in [0.2, 0.25) is 5.91 Å². The molecule has 8 nitrogen and oxygen atoms in total. The van der Waals surface area contributed by atoms with E-state index in [0.717, 1.165) is 0 Å². The van der Waals surface area contributed by atoms with Crippen molar-refractivity contribution >= 4 is 23.2 Å². The number of ether oxygens (including phenoxy) is 1. The average Bonchev–Trinajstić information content (AvgIpc) is 3.25. The first kappa shape index (κ1) is 21.4. The zero-order chi connectivity index (χ0) is 20.2. The molecule has 0 radical (unpaired) electrons. The summed E-state index contributed by atoms with van der Waals surface area (Å²) in [6.07, 6.45) is -0.757. The van der Waals surface area contributed by atoms with Crippen molar-refractivity contribution in [2.45, 2.75) is 6.10 Å². The molecule has 0 saturated heterocycles. The van der Waals surface area contributed by atoms with Gasteiger partial charge in [-0.15, -0.1) is 11.3 Å². The number of carbonyl (C=O) groups is 2. The minimum Gasteiger partial charge on any atom is -0.489 e. The van der Waals surface area contributed by atoms with Gasteiger partial charge in [-0.05, 0) is 23.6 Å². The standard InChI is InChI=1S/C19H22N4O4S/c20-10-14-4-1-2-5-16(14)27-13-15(24)11-21-7-8-22-18(25)12-23-19(26)17-6-3-9-28-17/h1-6,9,15,21,24H,7-8,11-13H2,(H,22,25)(H,23,26). The molecule has 9 heteroatoms. The molecular formula is C19H22N4O4S. The van der Waals surface area contributed by atoms with Crippen LogP contribution in [0.3, 0.4) is 0 Å². The van der Waals surface area contributed by atoms with E-state index >= 15 is 0 Å². The molecule has 1 atom stereocenters. The molecule has 0 aliphatic carbocycles. The van der Waals surface area contributed by atoms with Gasteiger partial charge >= 0.3 is 0 Å². The summed E-state index contributed by atoms with van der Waals surface area (Å²) in [4.78, 5) is 24.0. The number of nitrogens with one attached hydrogen (secondary N) is 3. The maximum absolute atomic E-state index is 11.7. The Morgan fingerprint density at radius 1 is 1.18 bits per heavy atom. The van der Waals surface area contributed by atoms with Gasteiger partial charge in [-0.3, -0.25) is 9.59 Å². The highest BCUT2D eigenvalue weighted by Gasteiger charge is 2.09. The van der Waals surface area contributed by atoms with Crippen LogP contribution in [0.25, 0.3) is 0 Å². The number of aliphatic hydroxyl groups excluding tert-OH is 1. The van der Waals surface area contributed by atoms with Gasteiger partial charge in [-0.2, -0.15) is 5.26 Å². The van der Waals surface area contributed by atoms with Gasteiger partial charge in [0.05, 0.1) is 17.0 Å². The second kappa shape index (κ2) is 11.7. The molecule has 2 amide bonds. The maximum Gasteiger partial charge on any atom is 0.261 e. The molecule has 1 aromatic heterocycles. The van der Waals surface area contributed by atoms with Gasteiger partial charge in [0.25, 0.3) is 5.91 Å². The molecule has 28 heavy (non-hydrogen) atoms. The third kappa shape index (κ3) is 7.36. The Bertz CT molecular complexity index is 805. The lowest BCUT2D eigenvalue weighted by Gasteiger charge is -2.14. The van der Waals surface area contributed by atoms with E-state index in [1.54, 1.807) is 41.8 Å². The van der Waals surface area contributed by atoms with E-state index in [-0.39, 0.29) is 31.5 Å². The Morgan fingerprint density at radius 2 is 2.00 bits per heavy atom. The van der Waals surface area contributed by atoms with Crippen LogP contribution in [-0.4, -0.2) is 55.8 Å². The SMILES string of the molecule is N#Cc1ccccc1OCC(O)CNCCNC(=O)CNC(=O)c1cccs1. The normalized spacial score (nSPS) is 11.3. The van der Waals surface area contributed by atoms with Crippen molar-refractivity contribution in [3.63, 3.8) is 0 Å². The number of nitriles is 1. The van der Waals surface area contributed by atoms with Crippen LogP contribution in [0, 0.1) is 11.3 Å². The van der Waals surface area contributed by atoms with Gasteiger partial charge in [-0.1, -0.05) is 18.2 Å². The summed E-state index contributed by atoms with van der Waals surface area (Å²) in [5, 5.41) is 28.9. The lowest BCUT2D eigenvalue weighted by Crippen LogP contribution is -2.41. The number of thiophene rings is 1. The number of carbonyl (C=O) groups excluding carboxylic acids is 2. The first-order valence-electron chi connectivity index (χ1n) is 8.69. The highest BCUT2D eigenvalue weighted by atomic mass is 32.1. The summed E-state index contributed by atoms with van der Waals surface area (Å²) in [5.41, 5.74) is 0.413. The van der Waals surface area contributed by atoms with Crippen molar-refractivity contribution in [1.82, 2.24) is 16.0 Å². The number of amides is 2. The summed E-state index contributed by atoms with van der Waals surface area (Å²) in [7, 11) is 0. The summed E-state index contributed by atoms with van der Waals surface area (Å²) < 4.78 is 5.45. The fourth-order valence-electron chi connectivity index (χ4n) is 2.21.